The first-order chi connectivity index (χ1) is 7.25. The van der Waals surface area contributed by atoms with Crippen LogP contribution in [0.2, 0.25) is 0 Å². The first-order valence-corrected chi connectivity index (χ1v) is 5.70. The first-order valence-electron chi connectivity index (χ1n) is 5.70. The van der Waals surface area contributed by atoms with E-state index < -0.39 is 6.10 Å². The second-order valence-electron chi connectivity index (χ2n) is 4.27. The summed E-state index contributed by atoms with van der Waals surface area (Å²) in [7, 11) is 0. The molecule has 0 saturated heterocycles. The van der Waals surface area contributed by atoms with Crippen molar-refractivity contribution in [2.75, 3.05) is 0 Å². The predicted molar refractivity (Wildman–Crippen MR) is 60.0 cm³/mol. The molecule has 0 aromatic heterocycles. The predicted octanol–water partition coefficient (Wildman–Crippen LogP) is 3.06. The van der Waals surface area contributed by atoms with E-state index in [0.29, 0.717) is 6.10 Å². The molecule has 1 atom stereocenters. The van der Waals surface area contributed by atoms with Gasteiger partial charge in [0, 0.05) is 0 Å². The highest BCUT2D eigenvalue weighted by atomic mass is 16.5. The highest BCUT2D eigenvalue weighted by Gasteiger charge is 2.16. The molecule has 82 valence electrons. The Bertz CT molecular complexity index is 314. The van der Waals surface area contributed by atoms with Crippen molar-refractivity contribution in [3.8, 4) is 5.75 Å². The summed E-state index contributed by atoms with van der Waals surface area (Å²) >= 11 is 0. The number of hydrogen-bond acceptors (Lipinski definition) is 2. The minimum absolute atomic E-state index is 0.384. The van der Waals surface area contributed by atoms with Crippen molar-refractivity contribution in [2.24, 2.45) is 0 Å². The molecule has 0 bridgehead atoms. The van der Waals surface area contributed by atoms with Crippen LogP contribution in [0.1, 0.15) is 44.3 Å². The smallest absolute Gasteiger partial charge is 0.120 e. The van der Waals surface area contributed by atoms with Gasteiger partial charge in [-0.15, -0.1) is 0 Å². The lowest BCUT2D eigenvalue weighted by atomic mass is 10.1. The second kappa shape index (κ2) is 4.67. The van der Waals surface area contributed by atoms with Crippen LogP contribution in [0.3, 0.4) is 0 Å². The topological polar surface area (TPSA) is 29.5 Å². The average Bonchev–Trinajstić information content (AvgIpc) is 2.71. The van der Waals surface area contributed by atoms with Gasteiger partial charge in [-0.25, -0.2) is 0 Å². The molecule has 1 aliphatic carbocycles. The monoisotopic (exact) mass is 206 g/mol. The Balaban J connectivity index is 2.04. The molecule has 1 aromatic rings. The molecule has 1 unspecified atom stereocenters. The Labute approximate surface area is 90.9 Å². The summed E-state index contributed by atoms with van der Waals surface area (Å²) < 4.78 is 5.86. The Morgan fingerprint density at radius 1 is 1.33 bits per heavy atom. The maximum Gasteiger partial charge on any atom is 0.120 e. The molecular formula is C13H18O2. The standard InChI is InChI=1S/C13H18O2/c1-10(14)11-5-4-8-13(9-11)15-12-6-2-3-7-12/h4-5,8-10,12,14H,2-3,6-7H2,1H3. The molecule has 0 radical (unpaired) electrons. The van der Waals surface area contributed by atoms with E-state index in [0.717, 1.165) is 11.3 Å². The molecule has 2 nitrogen and oxygen atoms in total. The lowest BCUT2D eigenvalue weighted by Crippen LogP contribution is -2.10. The highest BCUT2D eigenvalue weighted by molar-refractivity contribution is 5.29. The number of hydrogen-bond donors (Lipinski definition) is 1. The number of ether oxygens (including phenoxy) is 1. The van der Waals surface area contributed by atoms with Gasteiger partial charge < -0.3 is 9.84 Å². The van der Waals surface area contributed by atoms with Crippen LogP contribution in [0, 0.1) is 0 Å². The van der Waals surface area contributed by atoms with Crippen molar-refractivity contribution in [2.45, 2.75) is 44.8 Å². The maximum atomic E-state index is 9.45. The summed E-state index contributed by atoms with van der Waals surface area (Å²) in [5.41, 5.74) is 0.922. The van der Waals surface area contributed by atoms with Gasteiger partial charge in [-0.05, 0) is 50.3 Å². The van der Waals surface area contributed by atoms with Gasteiger partial charge in [-0.1, -0.05) is 12.1 Å². The molecule has 1 aliphatic rings. The van der Waals surface area contributed by atoms with Crippen LogP contribution in [0.5, 0.6) is 5.75 Å². The number of aliphatic hydroxyl groups excluding tert-OH is 1. The minimum atomic E-state index is -0.419. The summed E-state index contributed by atoms with van der Waals surface area (Å²) in [5.74, 6) is 0.889. The maximum absolute atomic E-state index is 9.45. The average molecular weight is 206 g/mol. The Morgan fingerprint density at radius 3 is 2.73 bits per heavy atom. The fourth-order valence-electron chi connectivity index (χ4n) is 2.05. The van der Waals surface area contributed by atoms with Crippen LogP contribution < -0.4 is 4.74 Å². The molecule has 1 N–H and O–H groups in total. The zero-order chi connectivity index (χ0) is 10.7. The third-order valence-corrected chi connectivity index (χ3v) is 2.95. The van der Waals surface area contributed by atoms with Crippen LogP contribution >= 0.6 is 0 Å². The van der Waals surface area contributed by atoms with Crippen LogP contribution in [0.4, 0.5) is 0 Å². The molecule has 2 rings (SSSR count). The molecule has 0 aliphatic heterocycles. The largest absolute Gasteiger partial charge is 0.490 e. The fourth-order valence-corrected chi connectivity index (χ4v) is 2.05. The van der Waals surface area contributed by atoms with Gasteiger partial charge in [0.15, 0.2) is 0 Å². The van der Waals surface area contributed by atoms with Crippen LogP contribution in [-0.4, -0.2) is 11.2 Å². The van der Waals surface area contributed by atoms with E-state index >= 15 is 0 Å². The minimum Gasteiger partial charge on any atom is -0.490 e. The number of benzene rings is 1. The van der Waals surface area contributed by atoms with E-state index in [1.54, 1.807) is 6.92 Å². The first kappa shape index (κ1) is 10.5. The number of aliphatic hydroxyl groups is 1. The van der Waals surface area contributed by atoms with Crippen molar-refractivity contribution < 1.29 is 9.84 Å². The third kappa shape index (κ3) is 2.72. The van der Waals surface area contributed by atoms with E-state index in [1.165, 1.54) is 25.7 Å². The summed E-state index contributed by atoms with van der Waals surface area (Å²) in [6, 6.07) is 7.76. The fraction of sp³-hybridized carbons (Fsp3) is 0.538. The zero-order valence-electron chi connectivity index (χ0n) is 9.15. The van der Waals surface area contributed by atoms with E-state index in [9.17, 15) is 5.11 Å². The van der Waals surface area contributed by atoms with Gasteiger partial charge in [0.2, 0.25) is 0 Å². The summed E-state index contributed by atoms with van der Waals surface area (Å²) in [4.78, 5) is 0. The van der Waals surface area contributed by atoms with Gasteiger partial charge in [0.1, 0.15) is 5.75 Å². The normalized spacial score (nSPS) is 19.1. The van der Waals surface area contributed by atoms with Gasteiger partial charge in [0.25, 0.3) is 0 Å². The van der Waals surface area contributed by atoms with Crippen LogP contribution in [0.15, 0.2) is 24.3 Å². The van der Waals surface area contributed by atoms with Crippen molar-refractivity contribution in [1.82, 2.24) is 0 Å². The molecule has 0 heterocycles. The van der Waals surface area contributed by atoms with E-state index in [2.05, 4.69) is 0 Å². The van der Waals surface area contributed by atoms with Gasteiger partial charge in [-0.2, -0.15) is 0 Å². The highest BCUT2D eigenvalue weighted by Crippen LogP contribution is 2.25. The van der Waals surface area contributed by atoms with Crippen molar-refractivity contribution >= 4 is 0 Å². The summed E-state index contributed by atoms with van der Waals surface area (Å²) in [6.45, 7) is 1.77. The molecule has 1 fully saturated rings. The second-order valence-corrected chi connectivity index (χ2v) is 4.27. The molecular weight excluding hydrogens is 188 g/mol. The van der Waals surface area contributed by atoms with Gasteiger partial charge in [0.05, 0.1) is 12.2 Å². The van der Waals surface area contributed by atoms with Gasteiger partial charge in [-0.3, -0.25) is 0 Å². The Hall–Kier alpha value is -1.02. The SMILES string of the molecule is CC(O)c1cccc(OC2CCCC2)c1. The van der Waals surface area contributed by atoms with Gasteiger partial charge >= 0.3 is 0 Å². The lowest BCUT2D eigenvalue weighted by Gasteiger charge is -2.14. The van der Waals surface area contributed by atoms with E-state index in [4.69, 9.17) is 4.74 Å². The molecule has 15 heavy (non-hydrogen) atoms. The molecule has 1 saturated carbocycles. The summed E-state index contributed by atoms with van der Waals surface area (Å²) in [6.07, 6.45) is 4.85. The van der Waals surface area contributed by atoms with Crippen molar-refractivity contribution in [1.29, 1.82) is 0 Å². The quantitative estimate of drug-likeness (QED) is 0.823. The van der Waals surface area contributed by atoms with Crippen LogP contribution in [-0.2, 0) is 0 Å². The Kier molecular flexibility index (Phi) is 3.27. The van der Waals surface area contributed by atoms with Crippen molar-refractivity contribution in [3.63, 3.8) is 0 Å². The molecule has 1 aromatic carbocycles. The molecule has 0 spiro atoms. The van der Waals surface area contributed by atoms with Crippen LogP contribution in [0.25, 0.3) is 0 Å². The lowest BCUT2D eigenvalue weighted by molar-refractivity contribution is 0.193. The number of rotatable bonds is 3. The summed E-state index contributed by atoms with van der Waals surface area (Å²) in [5, 5.41) is 9.45. The zero-order valence-corrected chi connectivity index (χ0v) is 9.15. The van der Waals surface area contributed by atoms with Crippen molar-refractivity contribution in [3.05, 3.63) is 29.8 Å². The Morgan fingerprint density at radius 2 is 2.07 bits per heavy atom. The molecule has 2 heteroatoms. The van der Waals surface area contributed by atoms with E-state index in [-0.39, 0.29) is 0 Å². The molecule has 0 amide bonds. The third-order valence-electron chi connectivity index (χ3n) is 2.95. The van der Waals surface area contributed by atoms with E-state index in [1.807, 2.05) is 24.3 Å².